The highest BCUT2D eigenvalue weighted by Crippen LogP contribution is 2.00. The highest BCUT2D eigenvalue weighted by atomic mass is 16.1. The van der Waals surface area contributed by atoms with E-state index in [2.05, 4.69) is 22.2 Å². The molecule has 19 heavy (non-hydrogen) atoms. The number of rotatable bonds is 9. The van der Waals surface area contributed by atoms with E-state index in [9.17, 15) is 4.79 Å². The van der Waals surface area contributed by atoms with Crippen molar-refractivity contribution >= 4 is 5.91 Å². The Morgan fingerprint density at radius 1 is 1.42 bits per heavy atom. The Balaban J connectivity index is 2.27. The number of carbonyl (C=O) groups excluding carboxylic acids is 1. The van der Waals surface area contributed by atoms with Crippen LogP contribution in [-0.4, -0.2) is 48.5 Å². The Bertz CT molecular complexity index is 369. The average Bonchev–Trinajstić information content (AvgIpc) is 2.42. The largest absolute Gasteiger partial charge is 0.368 e. The molecule has 5 heteroatoms. The summed E-state index contributed by atoms with van der Waals surface area (Å²) >= 11 is 0. The first kappa shape index (κ1) is 15.6. The molecule has 1 aromatic rings. The van der Waals surface area contributed by atoms with Crippen LogP contribution in [0.4, 0.5) is 0 Å². The number of nitrogens with one attached hydrogen (secondary N) is 1. The van der Waals surface area contributed by atoms with E-state index in [0.29, 0.717) is 0 Å². The first-order chi connectivity index (χ1) is 9.13. The van der Waals surface area contributed by atoms with Crippen LogP contribution in [-0.2, 0) is 11.2 Å². The molecule has 0 saturated carbocycles. The summed E-state index contributed by atoms with van der Waals surface area (Å²) in [5.41, 5.74) is 6.62. The van der Waals surface area contributed by atoms with E-state index in [1.165, 1.54) is 5.56 Å². The van der Waals surface area contributed by atoms with Gasteiger partial charge in [-0.1, -0.05) is 6.92 Å². The standard InChI is InChI=1S/C14H24N4O/c1-3-17-13(14(15)19)7-11-18(2)10-6-12-4-8-16-9-5-12/h4-5,8-9,13,17H,3,6-7,10-11H2,1-2H3,(H2,15,19). The van der Waals surface area contributed by atoms with Crippen LogP contribution in [0.25, 0.3) is 0 Å². The topological polar surface area (TPSA) is 71.2 Å². The number of nitrogens with zero attached hydrogens (tertiary/aromatic N) is 2. The number of likely N-dealkylation sites (N-methyl/N-ethyl adjacent to an activating group) is 2. The Hall–Kier alpha value is -1.46. The summed E-state index contributed by atoms with van der Waals surface area (Å²) in [7, 11) is 2.06. The Labute approximate surface area is 115 Å². The van der Waals surface area contributed by atoms with Crippen LogP contribution in [0.5, 0.6) is 0 Å². The van der Waals surface area contributed by atoms with Crippen LogP contribution in [0.15, 0.2) is 24.5 Å². The summed E-state index contributed by atoms with van der Waals surface area (Å²) in [6, 6.07) is 3.82. The second-order valence-corrected chi connectivity index (χ2v) is 4.71. The van der Waals surface area contributed by atoms with Crippen molar-refractivity contribution in [1.29, 1.82) is 0 Å². The van der Waals surface area contributed by atoms with Gasteiger partial charge in [-0.3, -0.25) is 9.78 Å². The first-order valence-electron chi connectivity index (χ1n) is 6.73. The van der Waals surface area contributed by atoms with Gasteiger partial charge in [0.1, 0.15) is 0 Å². The lowest BCUT2D eigenvalue weighted by Crippen LogP contribution is -2.43. The molecule has 106 valence electrons. The number of aromatic nitrogens is 1. The fraction of sp³-hybridized carbons (Fsp3) is 0.571. The number of carbonyl (C=O) groups is 1. The third kappa shape index (κ3) is 6.31. The monoisotopic (exact) mass is 264 g/mol. The third-order valence-electron chi connectivity index (χ3n) is 3.13. The molecule has 0 spiro atoms. The van der Waals surface area contributed by atoms with Crippen LogP contribution in [0.1, 0.15) is 18.9 Å². The summed E-state index contributed by atoms with van der Waals surface area (Å²) in [5, 5.41) is 3.10. The smallest absolute Gasteiger partial charge is 0.234 e. The molecule has 0 bridgehead atoms. The minimum absolute atomic E-state index is 0.228. The fourth-order valence-corrected chi connectivity index (χ4v) is 1.92. The minimum atomic E-state index is -0.274. The Morgan fingerprint density at radius 2 is 2.11 bits per heavy atom. The quantitative estimate of drug-likeness (QED) is 0.677. The van der Waals surface area contributed by atoms with Gasteiger partial charge in [0.05, 0.1) is 6.04 Å². The predicted octanol–water partition coefficient (Wildman–Crippen LogP) is 0.409. The zero-order valence-electron chi connectivity index (χ0n) is 11.8. The van der Waals surface area contributed by atoms with Crippen LogP contribution in [0.2, 0.25) is 0 Å². The molecule has 3 N–H and O–H groups in total. The maximum atomic E-state index is 11.2. The molecule has 1 heterocycles. The highest BCUT2D eigenvalue weighted by molar-refractivity contribution is 5.79. The lowest BCUT2D eigenvalue weighted by atomic mass is 10.1. The molecule has 1 amide bonds. The SMILES string of the molecule is CCNC(CCN(C)CCc1ccncc1)C(N)=O. The van der Waals surface area contributed by atoms with Gasteiger partial charge in [-0.15, -0.1) is 0 Å². The van der Waals surface area contributed by atoms with Crippen LogP contribution in [0, 0.1) is 0 Å². The summed E-state index contributed by atoms with van der Waals surface area (Å²) in [4.78, 5) is 17.4. The van der Waals surface area contributed by atoms with Crippen molar-refractivity contribution in [2.45, 2.75) is 25.8 Å². The van der Waals surface area contributed by atoms with Gasteiger partial charge >= 0.3 is 0 Å². The van der Waals surface area contributed by atoms with E-state index in [1.807, 2.05) is 31.5 Å². The summed E-state index contributed by atoms with van der Waals surface area (Å²) in [5.74, 6) is -0.274. The average molecular weight is 264 g/mol. The molecule has 0 fully saturated rings. The molecule has 0 aliphatic heterocycles. The van der Waals surface area contributed by atoms with Gasteiger partial charge in [-0.05, 0) is 50.7 Å². The number of hydrogen-bond acceptors (Lipinski definition) is 4. The molecule has 1 atom stereocenters. The van der Waals surface area contributed by atoms with E-state index >= 15 is 0 Å². The van der Waals surface area contributed by atoms with Gasteiger partial charge in [0, 0.05) is 18.9 Å². The van der Waals surface area contributed by atoms with Crippen molar-refractivity contribution < 1.29 is 4.79 Å². The first-order valence-corrected chi connectivity index (χ1v) is 6.73. The molecule has 0 aliphatic carbocycles. The number of nitrogens with two attached hydrogens (primary N) is 1. The molecule has 1 rings (SSSR count). The summed E-state index contributed by atoms with van der Waals surface area (Å²) < 4.78 is 0. The minimum Gasteiger partial charge on any atom is -0.368 e. The normalized spacial score (nSPS) is 12.6. The maximum absolute atomic E-state index is 11.2. The van der Waals surface area contributed by atoms with Gasteiger partial charge in [-0.2, -0.15) is 0 Å². The summed E-state index contributed by atoms with van der Waals surface area (Å²) in [6.45, 7) is 4.55. The van der Waals surface area contributed by atoms with Crippen molar-refractivity contribution in [3.8, 4) is 0 Å². The van der Waals surface area contributed by atoms with E-state index in [4.69, 9.17) is 5.73 Å². The fourth-order valence-electron chi connectivity index (χ4n) is 1.92. The van der Waals surface area contributed by atoms with E-state index in [0.717, 1.165) is 32.5 Å². The van der Waals surface area contributed by atoms with E-state index in [-0.39, 0.29) is 11.9 Å². The van der Waals surface area contributed by atoms with Gasteiger partial charge in [-0.25, -0.2) is 0 Å². The second kappa shape index (κ2) is 8.61. The van der Waals surface area contributed by atoms with E-state index in [1.54, 1.807) is 0 Å². The van der Waals surface area contributed by atoms with Gasteiger partial charge in [0.15, 0.2) is 0 Å². The molecular formula is C14H24N4O. The van der Waals surface area contributed by atoms with Crippen molar-refractivity contribution in [1.82, 2.24) is 15.2 Å². The van der Waals surface area contributed by atoms with Crippen LogP contribution < -0.4 is 11.1 Å². The van der Waals surface area contributed by atoms with Gasteiger partial charge < -0.3 is 16.0 Å². The van der Waals surface area contributed by atoms with Crippen molar-refractivity contribution in [3.63, 3.8) is 0 Å². The zero-order valence-corrected chi connectivity index (χ0v) is 11.8. The van der Waals surface area contributed by atoms with Crippen LogP contribution in [0.3, 0.4) is 0 Å². The number of primary amides is 1. The number of pyridine rings is 1. The van der Waals surface area contributed by atoms with Gasteiger partial charge in [0.25, 0.3) is 0 Å². The van der Waals surface area contributed by atoms with Crippen molar-refractivity contribution in [2.24, 2.45) is 5.73 Å². The molecule has 0 aliphatic rings. The maximum Gasteiger partial charge on any atom is 0.234 e. The molecular weight excluding hydrogens is 240 g/mol. The lowest BCUT2D eigenvalue weighted by molar-refractivity contribution is -0.120. The second-order valence-electron chi connectivity index (χ2n) is 4.71. The van der Waals surface area contributed by atoms with E-state index < -0.39 is 0 Å². The molecule has 0 saturated heterocycles. The van der Waals surface area contributed by atoms with Crippen LogP contribution >= 0.6 is 0 Å². The summed E-state index contributed by atoms with van der Waals surface area (Å²) in [6.07, 6.45) is 5.35. The third-order valence-corrected chi connectivity index (χ3v) is 3.13. The lowest BCUT2D eigenvalue weighted by Gasteiger charge is -2.20. The zero-order chi connectivity index (χ0) is 14.1. The van der Waals surface area contributed by atoms with Gasteiger partial charge in [0.2, 0.25) is 5.91 Å². The number of amides is 1. The number of hydrogen-bond donors (Lipinski definition) is 2. The molecule has 1 unspecified atom stereocenters. The Morgan fingerprint density at radius 3 is 2.68 bits per heavy atom. The van der Waals surface area contributed by atoms with Crippen molar-refractivity contribution in [3.05, 3.63) is 30.1 Å². The molecule has 1 aromatic heterocycles. The molecule has 0 aromatic carbocycles. The van der Waals surface area contributed by atoms with Crippen molar-refractivity contribution in [2.75, 3.05) is 26.7 Å². The predicted molar refractivity (Wildman–Crippen MR) is 76.7 cm³/mol. The highest BCUT2D eigenvalue weighted by Gasteiger charge is 2.14. The Kier molecular flexibility index (Phi) is 7.07. The molecule has 0 radical (unpaired) electrons. The molecule has 5 nitrogen and oxygen atoms in total.